The highest BCUT2D eigenvalue weighted by molar-refractivity contribution is 4.72. The molecule has 0 bridgehead atoms. The highest BCUT2D eigenvalue weighted by Gasteiger charge is 2.21. The molecule has 0 aromatic carbocycles. The molecule has 2 nitrogen and oxygen atoms in total. The van der Waals surface area contributed by atoms with Crippen LogP contribution >= 0.6 is 0 Å². The van der Waals surface area contributed by atoms with Crippen LogP contribution in [-0.4, -0.2) is 25.3 Å². The molecule has 1 aliphatic carbocycles. The Morgan fingerprint density at radius 1 is 1.33 bits per heavy atom. The lowest BCUT2D eigenvalue weighted by atomic mass is 9.88. The predicted molar refractivity (Wildman–Crippen MR) is 65.1 cm³/mol. The van der Waals surface area contributed by atoms with Gasteiger partial charge in [-0.3, -0.25) is 0 Å². The Morgan fingerprint density at radius 3 is 2.73 bits per heavy atom. The minimum atomic E-state index is 0.525. The number of nitrogens with one attached hydrogen (secondary N) is 1. The van der Waals surface area contributed by atoms with Crippen LogP contribution in [0, 0.1) is 5.92 Å². The van der Waals surface area contributed by atoms with E-state index in [-0.39, 0.29) is 0 Å². The molecule has 1 N–H and O–H groups in total. The Balaban J connectivity index is 2.03. The lowest BCUT2D eigenvalue weighted by Gasteiger charge is -2.29. The second-order valence-electron chi connectivity index (χ2n) is 4.93. The standard InChI is InChI=1S/C13H27NO/c1-4-12(3)14-9-10-15-13-8-6-5-7-11(13)2/h11-14H,4-10H2,1-3H3. The average molecular weight is 213 g/mol. The molecule has 0 aromatic rings. The molecule has 0 saturated heterocycles. The third-order valence-electron chi connectivity index (χ3n) is 3.57. The molecule has 1 saturated carbocycles. The zero-order valence-electron chi connectivity index (χ0n) is 10.6. The molecule has 0 aromatic heterocycles. The van der Waals surface area contributed by atoms with Gasteiger partial charge in [0.1, 0.15) is 0 Å². The molecular formula is C13H27NO. The summed E-state index contributed by atoms with van der Waals surface area (Å²) in [6.45, 7) is 8.63. The zero-order valence-corrected chi connectivity index (χ0v) is 10.6. The highest BCUT2D eigenvalue weighted by atomic mass is 16.5. The van der Waals surface area contributed by atoms with E-state index in [0.717, 1.165) is 19.1 Å². The first kappa shape index (κ1) is 13.0. The third kappa shape index (κ3) is 4.98. The molecule has 15 heavy (non-hydrogen) atoms. The summed E-state index contributed by atoms with van der Waals surface area (Å²) in [4.78, 5) is 0. The number of rotatable bonds is 6. The summed E-state index contributed by atoms with van der Waals surface area (Å²) >= 11 is 0. The third-order valence-corrected chi connectivity index (χ3v) is 3.57. The fourth-order valence-electron chi connectivity index (χ4n) is 2.19. The van der Waals surface area contributed by atoms with Gasteiger partial charge in [-0.1, -0.05) is 26.7 Å². The van der Waals surface area contributed by atoms with Gasteiger partial charge in [0.05, 0.1) is 12.7 Å². The summed E-state index contributed by atoms with van der Waals surface area (Å²) in [5, 5.41) is 3.46. The molecule has 90 valence electrons. The van der Waals surface area contributed by atoms with E-state index in [0.29, 0.717) is 12.1 Å². The Kier molecular flexibility index (Phi) is 6.26. The molecule has 1 aliphatic rings. The smallest absolute Gasteiger partial charge is 0.0601 e. The van der Waals surface area contributed by atoms with E-state index >= 15 is 0 Å². The SMILES string of the molecule is CCC(C)NCCOC1CCCCC1C. The van der Waals surface area contributed by atoms with Crippen LogP contribution in [0.4, 0.5) is 0 Å². The Morgan fingerprint density at radius 2 is 2.07 bits per heavy atom. The van der Waals surface area contributed by atoms with Crippen molar-refractivity contribution in [2.75, 3.05) is 13.2 Å². The summed E-state index contributed by atoms with van der Waals surface area (Å²) in [6.07, 6.45) is 7.09. The summed E-state index contributed by atoms with van der Waals surface area (Å²) in [5.74, 6) is 0.766. The zero-order chi connectivity index (χ0) is 11.1. The lowest BCUT2D eigenvalue weighted by molar-refractivity contribution is -0.00373. The van der Waals surface area contributed by atoms with Crippen molar-refractivity contribution in [2.45, 2.75) is 65.0 Å². The normalized spacial score (nSPS) is 29.0. The molecule has 0 amide bonds. The van der Waals surface area contributed by atoms with E-state index in [2.05, 4.69) is 26.1 Å². The number of ether oxygens (including phenoxy) is 1. The van der Waals surface area contributed by atoms with E-state index < -0.39 is 0 Å². The van der Waals surface area contributed by atoms with Gasteiger partial charge in [0.2, 0.25) is 0 Å². The molecular weight excluding hydrogens is 186 g/mol. The first-order valence-electron chi connectivity index (χ1n) is 6.59. The lowest BCUT2D eigenvalue weighted by Crippen LogP contribution is -2.32. The summed E-state index contributed by atoms with van der Waals surface area (Å²) in [5.41, 5.74) is 0. The van der Waals surface area contributed by atoms with Crippen LogP contribution in [0.15, 0.2) is 0 Å². The van der Waals surface area contributed by atoms with Crippen molar-refractivity contribution in [3.05, 3.63) is 0 Å². The average Bonchev–Trinajstić information content (AvgIpc) is 2.26. The van der Waals surface area contributed by atoms with E-state index in [1.165, 1.54) is 32.1 Å². The van der Waals surface area contributed by atoms with Crippen LogP contribution in [0.1, 0.15) is 52.9 Å². The molecule has 1 fully saturated rings. The largest absolute Gasteiger partial charge is 0.377 e. The summed E-state index contributed by atoms with van der Waals surface area (Å²) < 4.78 is 5.93. The van der Waals surface area contributed by atoms with E-state index in [9.17, 15) is 0 Å². The van der Waals surface area contributed by atoms with Crippen molar-refractivity contribution in [3.63, 3.8) is 0 Å². The molecule has 0 heterocycles. The summed E-state index contributed by atoms with van der Waals surface area (Å²) in [7, 11) is 0. The molecule has 0 spiro atoms. The van der Waals surface area contributed by atoms with Crippen molar-refractivity contribution in [1.29, 1.82) is 0 Å². The molecule has 0 aliphatic heterocycles. The van der Waals surface area contributed by atoms with Crippen molar-refractivity contribution in [2.24, 2.45) is 5.92 Å². The van der Waals surface area contributed by atoms with Gasteiger partial charge in [-0.15, -0.1) is 0 Å². The first-order chi connectivity index (χ1) is 7.24. The Hall–Kier alpha value is -0.0800. The molecule has 1 rings (SSSR count). The van der Waals surface area contributed by atoms with Gasteiger partial charge >= 0.3 is 0 Å². The minimum absolute atomic E-state index is 0.525. The maximum Gasteiger partial charge on any atom is 0.0601 e. The maximum absolute atomic E-state index is 5.93. The maximum atomic E-state index is 5.93. The minimum Gasteiger partial charge on any atom is -0.377 e. The van der Waals surface area contributed by atoms with Crippen molar-refractivity contribution < 1.29 is 4.74 Å². The molecule has 0 radical (unpaired) electrons. The van der Waals surface area contributed by atoms with Crippen molar-refractivity contribution in [3.8, 4) is 0 Å². The fraction of sp³-hybridized carbons (Fsp3) is 1.00. The van der Waals surface area contributed by atoms with Gasteiger partial charge in [0.15, 0.2) is 0 Å². The van der Waals surface area contributed by atoms with Gasteiger partial charge in [-0.25, -0.2) is 0 Å². The van der Waals surface area contributed by atoms with E-state index in [4.69, 9.17) is 4.74 Å². The van der Waals surface area contributed by atoms with Gasteiger partial charge in [-0.2, -0.15) is 0 Å². The van der Waals surface area contributed by atoms with Gasteiger partial charge in [0, 0.05) is 12.6 Å². The van der Waals surface area contributed by atoms with Crippen molar-refractivity contribution in [1.82, 2.24) is 5.32 Å². The first-order valence-corrected chi connectivity index (χ1v) is 6.59. The van der Waals surface area contributed by atoms with Crippen LogP contribution < -0.4 is 5.32 Å². The Bertz CT molecular complexity index is 161. The van der Waals surface area contributed by atoms with Crippen molar-refractivity contribution >= 4 is 0 Å². The Labute approximate surface area is 94.8 Å². The second-order valence-corrected chi connectivity index (χ2v) is 4.93. The monoisotopic (exact) mass is 213 g/mol. The van der Waals surface area contributed by atoms with Crippen LogP contribution in [0.25, 0.3) is 0 Å². The quantitative estimate of drug-likeness (QED) is 0.685. The fourth-order valence-corrected chi connectivity index (χ4v) is 2.19. The van der Waals surface area contributed by atoms with Gasteiger partial charge < -0.3 is 10.1 Å². The summed E-state index contributed by atoms with van der Waals surface area (Å²) in [6, 6.07) is 0.623. The number of hydrogen-bond acceptors (Lipinski definition) is 2. The van der Waals surface area contributed by atoms with Crippen LogP contribution in [0.2, 0.25) is 0 Å². The van der Waals surface area contributed by atoms with Gasteiger partial charge in [0.25, 0.3) is 0 Å². The predicted octanol–water partition coefficient (Wildman–Crippen LogP) is 2.97. The molecule has 3 unspecified atom stereocenters. The van der Waals surface area contributed by atoms with E-state index in [1.54, 1.807) is 0 Å². The molecule has 2 heteroatoms. The highest BCUT2D eigenvalue weighted by Crippen LogP contribution is 2.25. The van der Waals surface area contributed by atoms with Gasteiger partial charge in [-0.05, 0) is 32.1 Å². The second kappa shape index (κ2) is 7.24. The van der Waals surface area contributed by atoms with Crippen LogP contribution in [0.5, 0.6) is 0 Å². The van der Waals surface area contributed by atoms with E-state index in [1.807, 2.05) is 0 Å². The topological polar surface area (TPSA) is 21.3 Å². The van der Waals surface area contributed by atoms with Crippen LogP contribution in [0.3, 0.4) is 0 Å². The molecule has 3 atom stereocenters. The van der Waals surface area contributed by atoms with Crippen LogP contribution in [-0.2, 0) is 4.74 Å². The number of hydrogen-bond donors (Lipinski definition) is 1.